The quantitative estimate of drug-likeness (QED) is 0.462. The van der Waals surface area contributed by atoms with E-state index < -0.39 is 0 Å². The molecule has 6 rings (SSSR count). The van der Waals surface area contributed by atoms with Crippen LogP contribution in [0.25, 0.3) is 33.5 Å². The van der Waals surface area contributed by atoms with Crippen molar-refractivity contribution in [2.75, 3.05) is 0 Å². The van der Waals surface area contributed by atoms with Crippen molar-refractivity contribution in [2.24, 2.45) is 4.99 Å². The van der Waals surface area contributed by atoms with E-state index in [4.69, 9.17) is 4.99 Å². The third-order valence-corrected chi connectivity index (χ3v) is 5.40. The number of rotatable bonds is 2. The van der Waals surface area contributed by atoms with Crippen molar-refractivity contribution in [3.8, 4) is 22.5 Å². The predicted molar refractivity (Wildman–Crippen MR) is 116 cm³/mol. The van der Waals surface area contributed by atoms with E-state index in [0.717, 1.165) is 44.8 Å². The topological polar surface area (TPSA) is 55.1 Å². The minimum absolute atomic E-state index is 0.153. The summed E-state index contributed by atoms with van der Waals surface area (Å²) in [5.74, 6) is 0. The van der Waals surface area contributed by atoms with Gasteiger partial charge in [0.05, 0.1) is 22.4 Å². The van der Waals surface area contributed by atoms with E-state index in [1.807, 2.05) is 67.1 Å². The first kappa shape index (κ1) is 15.9. The van der Waals surface area contributed by atoms with Gasteiger partial charge in [-0.2, -0.15) is 0 Å². The van der Waals surface area contributed by atoms with Gasteiger partial charge in [0, 0.05) is 35.4 Å². The molecule has 138 valence electrons. The van der Waals surface area contributed by atoms with E-state index >= 15 is 0 Å². The maximum Gasteiger partial charge on any atom is 0.331 e. The van der Waals surface area contributed by atoms with Gasteiger partial charge in [-0.05, 0) is 42.0 Å². The van der Waals surface area contributed by atoms with E-state index in [0.29, 0.717) is 0 Å². The predicted octanol–water partition coefficient (Wildman–Crippen LogP) is 4.84. The standard InChI is InChI=1S/C24H16N4O/c29-24-26-20-7-3-5-17-15-25-22-19(6-4-8-21(22)28(24)23(17)20)16-9-11-18(12-10-16)27-13-1-2-14-27/h1-15H,(H,26,29). The lowest BCUT2D eigenvalue weighted by atomic mass is 10.0. The van der Waals surface area contributed by atoms with Crippen LogP contribution in [0, 0.1) is 0 Å². The summed E-state index contributed by atoms with van der Waals surface area (Å²) in [7, 11) is 0. The molecular formula is C24H16N4O. The summed E-state index contributed by atoms with van der Waals surface area (Å²) >= 11 is 0. The maximum absolute atomic E-state index is 12.7. The highest BCUT2D eigenvalue weighted by Crippen LogP contribution is 2.38. The molecule has 1 aliphatic rings. The summed E-state index contributed by atoms with van der Waals surface area (Å²) in [6, 6.07) is 24.2. The van der Waals surface area contributed by atoms with Crippen molar-refractivity contribution in [1.29, 1.82) is 0 Å². The number of hydrogen-bond donors (Lipinski definition) is 1. The van der Waals surface area contributed by atoms with Crippen LogP contribution in [0.1, 0.15) is 5.56 Å². The average Bonchev–Trinajstić information content (AvgIpc) is 3.35. The summed E-state index contributed by atoms with van der Waals surface area (Å²) in [6.07, 6.45) is 5.89. The largest absolute Gasteiger partial charge is 0.331 e. The molecule has 5 nitrogen and oxygen atoms in total. The van der Waals surface area contributed by atoms with Crippen LogP contribution in [0.3, 0.4) is 0 Å². The van der Waals surface area contributed by atoms with Gasteiger partial charge in [-0.15, -0.1) is 0 Å². The molecule has 1 aliphatic heterocycles. The SMILES string of the molecule is O=c1[nH]c2cccc3c2n1-c1cccc(-c2ccc(-n4cccc4)cc2)c1N=C3. The third kappa shape index (κ3) is 2.34. The van der Waals surface area contributed by atoms with Crippen LogP contribution in [0.15, 0.2) is 95.0 Å². The first-order valence-electron chi connectivity index (χ1n) is 9.44. The molecule has 5 aromatic rings. The molecule has 3 aromatic carbocycles. The second-order valence-corrected chi connectivity index (χ2v) is 7.08. The van der Waals surface area contributed by atoms with Crippen molar-refractivity contribution in [1.82, 2.24) is 14.1 Å². The molecule has 0 spiro atoms. The van der Waals surface area contributed by atoms with Gasteiger partial charge in [-0.25, -0.2) is 4.79 Å². The van der Waals surface area contributed by atoms with E-state index in [1.54, 1.807) is 4.57 Å². The highest BCUT2D eigenvalue weighted by atomic mass is 16.1. The van der Waals surface area contributed by atoms with Gasteiger partial charge in [-0.1, -0.05) is 36.4 Å². The van der Waals surface area contributed by atoms with Crippen LogP contribution in [0.5, 0.6) is 0 Å². The number of H-pyrrole nitrogens is 1. The molecule has 1 N–H and O–H groups in total. The number of aromatic amines is 1. The zero-order valence-corrected chi connectivity index (χ0v) is 15.4. The molecule has 0 radical (unpaired) electrons. The molecule has 0 bridgehead atoms. The molecule has 0 saturated carbocycles. The van der Waals surface area contributed by atoms with Crippen LogP contribution >= 0.6 is 0 Å². The number of fused-ring (bicyclic) bond motifs is 2. The van der Waals surface area contributed by atoms with Crippen LogP contribution in [-0.2, 0) is 0 Å². The molecule has 0 saturated heterocycles. The number of nitrogens with one attached hydrogen (secondary N) is 1. The van der Waals surface area contributed by atoms with Crippen LogP contribution < -0.4 is 5.69 Å². The zero-order chi connectivity index (χ0) is 19.4. The average molecular weight is 376 g/mol. The Bertz CT molecular complexity index is 1450. The van der Waals surface area contributed by atoms with Gasteiger partial charge in [0.1, 0.15) is 0 Å². The summed E-state index contributed by atoms with van der Waals surface area (Å²) in [5, 5.41) is 0. The number of benzene rings is 3. The molecule has 0 amide bonds. The smallest absolute Gasteiger partial charge is 0.324 e. The lowest BCUT2D eigenvalue weighted by molar-refractivity contribution is 1.02. The van der Waals surface area contributed by atoms with E-state index in [2.05, 4.69) is 33.8 Å². The van der Waals surface area contributed by atoms with E-state index in [-0.39, 0.29) is 5.69 Å². The summed E-state index contributed by atoms with van der Waals surface area (Å²) in [5.41, 5.74) is 7.17. The van der Waals surface area contributed by atoms with Gasteiger partial charge in [-0.3, -0.25) is 9.56 Å². The number of hydrogen-bond acceptors (Lipinski definition) is 2. The Kier molecular flexibility index (Phi) is 3.25. The number of aliphatic imine (C=N–C) groups is 1. The summed E-state index contributed by atoms with van der Waals surface area (Å²) in [4.78, 5) is 20.5. The summed E-state index contributed by atoms with van der Waals surface area (Å²) < 4.78 is 3.80. The Balaban J connectivity index is 1.57. The minimum Gasteiger partial charge on any atom is -0.324 e. The molecule has 0 unspecified atom stereocenters. The van der Waals surface area contributed by atoms with Crippen molar-refractivity contribution < 1.29 is 0 Å². The lowest BCUT2D eigenvalue weighted by Gasteiger charge is -2.12. The Labute approximate surface area is 166 Å². The van der Waals surface area contributed by atoms with Crippen molar-refractivity contribution in [2.45, 2.75) is 0 Å². The van der Waals surface area contributed by atoms with E-state index in [1.165, 1.54) is 0 Å². The van der Waals surface area contributed by atoms with Crippen LogP contribution in [-0.4, -0.2) is 20.3 Å². The number of aromatic nitrogens is 3. The van der Waals surface area contributed by atoms with Gasteiger partial charge in [0.25, 0.3) is 0 Å². The van der Waals surface area contributed by atoms with Crippen molar-refractivity contribution >= 4 is 22.9 Å². The molecule has 29 heavy (non-hydrogen) atoms. The minimum atomic E-state index is -0.153. The fourth-order valence-electron chi connectivity index (χ4n) is 4.05. The second-order valence-electron chi connectivity index (χ2n) is 7.08. The van der Waals surface area contributed by atoms with Gasteiger partial charge in [0.2, 0.25) is 0 Å². The number of nitrogens with zero attached hydrogens (tertiary/aromatic N) is 3. The monoisotopic (exact) mass is 376 g/mol. The van der Waals surface area contributed by atoms with Gasteiger partial charge >= 0.3 is 5.69 Å². The van der Waals surface area contributed by atoms with E-state index in [9.17, 15) is 4.79 Å². The van der Waals surface area contributed by atoms with Gasteiger partial charge < -0.3 is 9.55 Å². The number of para-hydroxylation sites is 2. The zero-order valence-electron chi connectivity index (χ0n) is 15.4. The Morgan fingerprint density at radius 2 is 1.62 bits per heavy atom. The molecule has 0 atom stereocenters. The Hall–Kier alpha value is -4.12. The second kappa shape index (κ2) is 5.94. The molecule has 3 heterocycles. The third-order valence-electron chi connectivity index (χ3n) is 5.40. The summed E-state index contributed by atoms with van der Waals surface area (Å²) in [6.45, 7) is 0. The Morgan fingerprint density at radius 1 is 0.828 bits per heavy atom. The van der Waals surface area contributed by atoms with Crippen LogP contribution in [0.4, 0.5) is 5.69 Å². The first-order valence-corrected chi connectivity index (χ1v) is 9.44. The van der Waals surface area contributed by atoms with Gasteiger partial charge in [0.15, 0.2) is 0 Å². The maximum atomic E-state index is 12.7. The van der Waals surface area contributed by atoms with Crippen molar-refractivity contribution in [3.05, 3.63) is 101 Å². The fourth-order valence-corrected chi connectivity index (χ4v) is 4.05. The molecule has 5 heteroatoms. The van der Waals surface area contributed by atoms with Crippen molar-refractivity contribution in [3.63, 3.8) is 0 Å². The van der Waals surface area contributed by atoms with Crippen LogP contribution in [0.2, 0.25) is 0 Å². The number of imidazole rings is 1. The Morgan fingerprint density at radius 3 is 2.45 bits per heavy atom. The fraction of sp³-hybridized carbons (Fsp3) is 0. The highest BCUT2D eigenvalue weighted by Gasteiger charge is 2.19. The highest BCUT2D eigenvalue weighted by molar-refractivity contribution is 6.02. The lowest BCUT2D eigenvalue weighted by Crippen LogP contribution is -2.14. The molecule has 2 aromatic heterocycles. The normalized spacial score (nSPS) is 12.1. The first-order chi connectivity index (χ1) is 14.3. The molecule has 0 fully saturated rings. The molecule has 0 aliphatic carbocycles. The molecular weight excluding hydrogens is 360 g/mol.